The highest BCUT2D eigenvalue weighted by atomic mass is 79.9. The van der Waals surface area contributed by atoms with Gasteiger partial charge in [-0.2, -0.15) is 0 Å². The summed E-state index contributed by atoms with van der Waals surface area (Å²) in [7, 11) is 0. The molecular weight excluding hydrogens is 273 g/mol. The van der Waals surface area contributed by atoms with Crippen molar-refractivity contribution in [2.24, 2.45) is 11.7 Å². The van der Waals surface area contributed by atoms with Crippen LogP contribution < -0.4 is 10.5 Å². The lowest BCUT2D eigenvalue weighted by molar-refractivity contribution is 0.276. The number of rotatable bonds is 5. The Kier molecular flexibility index (Phi) is 5.22. The Morgan fingerprint density at radius 3 is 2.69 bits per heavy atom. The molecule has 0 aromatic heterocycles. The number of hydrogen-bond donors (Lipinski definition) is 1. The first-order valence-corrected chi connectivity index (χ1v) is 6.15. The fourth-order valence-corrected chi connectivity index (χ4v) is 1.73. The predicted octanol–water partition coefficient (Wildman–Crippen LogP) is 3.47. The monoisotopic (exact) mass is 289 g/mol. The third-order valence-corrected chi connectivity index (χ3v) is 3.16. The zero-order chi connectivity index (χ0) is 12.1. The van der Waals surface area contributed by atoms with Crippen molar-refractivity contribution in [2.45, 2.75) is 26.8 Å². The average molecular weight is 290 g/mol. The maximum atomic E-state index is 13.7. The minimum absolute atomic E-state index is 0.282. The van der Waals surface area contributed by atoms with E-state index in [2.05, 4.69) is 29.8 Å². The van der Waals surface area contributed by atoms with E-state index >= 15 is 0 Å². The summed E-state index contributed by atoms with van der Waals surface area (Å²) < 4.78 is 19.5. The van der Waals surface area contributed by atoms with Crippen LogP contribution in [0.5, 0.6) is 5.75 Å². The number of benzene rings is 1. The molecule has 0 saturated heterocycles. The standard InChI is InChI=1S/C12H17BrFNO/c1-8(2)5-6-16-10-4-3-9(7-15)11(13)12(10)14/h3-4,8H,5-7,15H2,1-2H3. The van der Waals surface area contributed by atoms with Gasteiger partial charge in [-0.15, -0.1) is 0 Å². The van der Waals surface area contributed by atoms with Crippen molar-refractivity contribution in [3.8, 4) is 5.75 Å². The SMILES string of the molecule is CC(C)CCOc1ccc(CN)c(Br)c1F. The van der Waals surface area contributed by atoms with Crippen LogP contribution in [0.3, 0.4) is 0 Å². The number of hydrogen-bond acceptors (Lipinski definition) is 2. The van der Waals surface area contributed by atoms with E-state index < -0.39 is 0 Å². The van der Waals surface area contributed by atoms with E-state index in [0.717, 1.165) is 12.0 Å². The molecule has 0 aliphatic heterocycles. The highest BCUT2D eigenvalue weighted by Crippen LogP contribution is 2.28. The molecule has 90 valence electrons. The second kappa shape index (κ2) is 6.21. The fraction of sp³-hybridized carbons (Fsp3) is 0.500. The van der Waals surface area contributed by atoms with Gasteiger partial charge in [-0.05, 0) is 39.9 Å². The predicted molar refractivity (Wildman–Crippen MR) is 66.9 cm³/mol. The number of nitrogens with two attached hydrogens (primary N) is 1. The lowest BCUT2D eigenvalue weighted by Gasteiger charge is -2.11. The van der Waals surface area contributed by atoms with Gasteiger partial charge in [0.05, 0.1) is 11.1 Å². The van der Waals surface area contributed by atoms with Crippen molar-refractivity contribution < 1.29 is 9.13 Å². The zero-order valence-corrected chi connectivity index (χ0v) is 11.2. The van der Waals surface area contributed by atoms with Crippen LogP contribution in [0.2, 0.25) is 0 Å². The molecule has 0 spiro atoms. The van der Waals surface area contributed by atoms with Crippen LogP contribution in [0, 0.1) is 11.7 Å². The molecule has 0 saturated carbocycles. The van der Waals surface area contributed by atoms with Crippen LogP contribution in [0.25, 0.3) is 0 Å². The molecule has 0 atom stereocenters. The van der Waals surface area contributed by atoms with Crippen molar-refractivity contribution in [3.63, 3.8) is 0 Å². The minimum Gasteiger partial charge on any atom is -0.490 e. The van der Waals surface area contributed by atoms with E-state index in [1.807, 2.05) is 0 Å². The van der Waals surface area contributed by atoms with Gasteiger partial charge in [-0.3, -0.25) is 0 Å². The number of halogens is 2. The molecule has 0 heterocycles. The van der Waals surface area contributed by atoms with E-state index in [0.29, 0.717) is 23.5 Å². The lowest BCUT2D eigenvalue weighted by Crippen LogP contribution is -2.05. The first kappa shape index (κ1) is 13.5. The summed E-state index contributed by atoms with van der Waals surface area (Å²) in [6.07, 6.45) is 0.912. The summed E-state index contributed by atoms with van der Waals surface area (Å²) >= 11 is 3.18. The van der Waals surface area contributed by atoms with Crippen LogP contribution in [-0.4, -0.2) is 6.61 Å². The van der Waals surface area contributed by atoms with Crippen LogP contribution in [0.1, 0.15) is 25.8 Å². The summed E-state index contributed by atoms with van der Waals surface area (Å²) in [4.78, 5) is 0. The molecule has 0 fully saturated rings. The molecule has 0 bridgehead atoms. The van der Waals surface area contributed by atoms with Gasteiger partial charge in [0.2, 0.25) is 0 Å². The molecular formula is C12H17BrFNO. The summed E-state index contributed by atoms with van der Waals surface area (Å²) in [6, 6.07) is 3.40. The third kappa shape index (κ3) is 3.46. The Morgan fingerprint density at radius 1 is 1.44 bits per heavy atom. The van der Waals surface area contributed by atoms with Crippen LogP contribution >= 0.6 is 15.9 Å². The molecule has 16 heavy (non-hydrogen) atoms. The van der Waals surface area contributed by atoms with Crippen LogP contribution in [0.15, 0.2) is 16.6 Å². The summed E-state index contributed by atoms with van der Waals surface area (Å²) in [5, 5.41) is 0. The van der Waals surface area contributed by atoms with E-state index in [4.69, 9.17) is 10.5 Å². The number of ether oxygens (including phenoxy) is 1. The molecule has 2 N–H and O–H groups in total. The Labute approximate surface area is 104 Å². The molecule has 0 aliphatic rings. The van der Waals surface area contributed by atoms with Crippen LogP contribution in [-0.2, 0) is 6.54 Å². The molecule has 0 amide bonds. The third-order valence-electron chi connectivity index (χ3n) is 2.30. The Bertz CT molecular complexity index is 355. The van der Waals surface area contributed by atoms with Gasteiger partial charge >= 0.3 is 0 Å². The maximum absolute atomic E-state index is 13.7. The second-order valence-corrected chi connectivity index (χ2v) is 4.88. The summed E-state index contributed by atoms with van der Waals surface area (Å²) in [6.45, 7) is 5.05. The molecule has 4 heteroatoms. The fourth-order valence-electron chi connectivity index (χ4n) is 1.25. The van der Waals surface area contributed by atoms with Gasteiger partial charge in [-0.25, -0.2) is 4.39 Å². The van der Waals surface area contributed by atoms with E-state index in [-0.39, 0.29) is 11.6 Å². The van der Waals surface area contributed by atoms with Crippen LogP contribution in [0.4, 0.5) is 4.39 Å². The normalized spacial score (nSPS) is 10.9. The summed E-state index contributed by atoms with van der Waals surface area (Å²) in [5.74, 6) is 0.464. The van der Waals surface area contributed by atoms with E-state index in [1.54, 1.807) is 12.1 Å². The quantitative estimate of drug-likeness (QED) is 0.901. The average Bonchev–Trinajstić information content (AvgIpc) is 2.24. The first-order valence-electron chi connectivity index (χ1n) is 5.36. The van der Waals surface area contributed by atoms with Crippen molar-refractivity contribution in [1.29, 1.82) is 0 Å². The van der Waals surface area contributed by atoms with Crippen molar-refractivity contribution in [1.82, 2.24) is 0 Å². The van der Waals surface area contributed by atoms with Crippen molar-refractivity contribution >= 4 is 15.9 Å². The highest BCUT2D eigenvalue weighted by molar-refractivity contribution is 9.10. The van der Waals surface area contributed by atoms with Gasteiger partial charge in [-0.1, -0.05) is 19.9 Å². The molecule has 1 aromatic rings. The molecule has 2 nitrogen and oxygen atoms in total. The van der Waals surface area contributed by atoms with Crippen molar-refractivity contribution in [2.75, 3.05) is 6.61 Å². The molecule has 0 unspecified atom stereocenters. The lowest BCUT2D eigenvalue weighted by atomic mass is 10.1. The van der Waals surface area contributed by atoms with Gasteiger partial charge in [0.1, 0.15) is 0 Å². The zero-order valence-electron chi connectivity index (χ0n) is 9.59. The smallest absolute Gasteiger partial charge is 0.179 e. The van der Waals surface area contributed by atoms with Gasteiger partial charge in [0.15, 0.2) is 11.6 Å². The van der Waals surface area contributed by atoms with Gasteiger partial charge in [0, 0.05) is 6.54 Å². The molecule has 0 aliphatic carbocycles. The van der Waals surface area contributed by atoms with E-state index in [1.165, 1.54) is 0 Å². The Morgan fingerprint density at radius 2 is 2.12 bits per heavy atom. The van der Waals surface area contributed by atoms with E-state index in [9.17, 15) is 4.39 Å². The highest BCUT2D eigenvalue weighted by Gasteiger charge is 2.11. The van der Waals surface area contributed by atoms with Gasteiger partial charge in [0.25, 0.3) is 0 Å². The summed E-state index contributed by atoms with van der Waals surface area (Å²) in [5.41, 5.74) is 6.22. The second-order valence-electron chi connectivity index (χ2n) is 4.09. The first-order chi connectivity index (χ1) is 7.56. The minimum atomic E-state index is -0.369. The molecule has 1 rings (SSSR count). The molecule has 0 radical (unpaired) electrons. The largest absolute Gasteiger partial charge is 0.490 e. The Balaban J connectivity index is 2.71. The molecule has 1 aromatic carbocycles. The topological polar surface area (TPSA) is 35.2 Å². The Hall–Kier alpha value is -0.610. The van der Waals surface area contributed by atoms with Crippen molar-refractivity contribution in [3.05, 3.63) is 28.0 Å². The maximum Gasteiger partial charge on any atom is 0.179 e. The van der Waals surface area contributed by atoms with Gasteiger partial charge < -0.3 is 10.5 Å².